The molecular weight excluding hydrogens is 287 g/mol. The van der Waals surface area contributed by atoms with E-state index in [0.717, 1.165) is 24.3 Å². The van der Waals surface area contributed by atoms with E-state index in [9.17, 15) is 22.8 Å². The maximum Gasteiger partial charge on any atom is 0.416 e. The number of amides is 3. The molecule has 116 valence electrons. The van der Waals surface area contributed by atoms with Gasteiger partial charge in [0.1, 0.15) is 6.04 Å². The molecule has 1 aromatic rings. The topological polar surface area (TPSA) is 84.2 Å². The molecule has 3 amide bonds. The summed E-state index contributed by atoms with van der Waals surface area (Å²) in [5.41, 5.74) is 4.36. The molecule has 4 N–H and O–H groups in total. The van der Waals surface area contributed by atoms with Crippen LogP contribution < -0.4 is 16.4 Å². The first-order valence-corrected chi connectivity index (χ1v) is 6.15. The summed E-state index contributed by atoms with van der Waals surface area (Å²) in [4.78, 5) is 22.8. The summed E-state index contributed by atoms with van der Waals surface area (Å²) < 4.78 is 37.2. The Morgan fingerprint density at radius 3 is 2.05 bits per heavy atom. The van der Waals surface area contributed by atoms with Crippen molar-refractivity contribution in [3.63, 3.8) is 0 Å². The predicted molar refractivity (Wildman–Crippen MR) is 71.4 cm³/mol. The van der Waals surface area contributed by atoms with Gasteiger partial charge in [-0.15, -0.1) is 0 Å². The van der Waals surface area contributed by atoms with Gasteiger partial charge in [-0.3, -0.25) is 4.79 Å². The second-order valence-corrected chi connectivity index (χ2v) is 4.79. The first-order valence-electron chi connectivity index (χ1n) is 6.15. The van der Waals surface area contributed by atoms with Gasteiger partial charge in [0.05, 0.1) is 5.56 Å². The number of urea groups is 1. The lowest BCUT2D eigenvalue weighted by Crippen LogP contribution is -2.49. The van der Waals surface area contributed by atoms with Crippen LogP contribution in [0, 0.1) is 5.92 Å². The smallest absolute Gasteiger partial charge is 0.352 e. The van der Waals surface area contributed by atoms with Crippen molar-refractivity contribution in [1.29, 1.82) is 0 Å². The van der Waals surface area contributed by atoms with Crippen LogP contribution >= 0.6 is 0 Å². The Morgan fingerprint density at radius 1 is 1.14 bits per heavy atom. The molecule has 0 aliphatic rings. The summed E-state index contributed by atoms with van der Waals surface area (Å²) in [6, 6.07) is 2.29. The van der Waals surface area contributed by atoms with Crippen LogP contribution in [0.1, 0.15) is 19.4 Å². The van der Waals surface area contributed by atoms with E-state index in [1.807, 2.05) is 0 Å². The molecule has 1 atom stereocenters. The van der Waals surface area contributed by atoms with E-state index < -0.39 is 29.7 Å². The number of hydrogen-bond acceptors (Lipinski definition) is 2. The zero-order valence-corrected chi connectivity index (χ0v) is 11.5. The molecular formula is C13H16F3N3O2. The normalized spacial score (nSPS) is 12.9. The van der Waals surface area contributed by atoms with Gasteiger partial charge in [-0.2, -0.15) is 13.2 Å². The van der Waals surface area contributed by atoms with Crippen LogP contribution in [0.3, 0.4) is 0 Å². The molecule has 0 saturated heterocycles. The van der Waals surface area contributed by atoms with Crippen LogP contribution in [-0.4, -0.2) is 18.0 Å². The molecule has 0 aliphatic heterocycles. The largest absolute Gasteiger partial charge is 0.416 e. The van der Waals surface area contributed by atoms with Crippen molar-refractivity contribution < 1.29 is 22.8 Å². The van der Waals surface area contributed by atoms with Crippen LogP contribution in [-0.2, 0) is 11.0 Å². The van der Waals surface area contributed by atoms with Crippen molar-refractivity contribution in [2.45, 2.75) is 26.1 Å². The number of anilines is 1. The number of nitrogens with two attached hydrogens (primary N) is 1. The quantitative estimate of drug-likeness (QED) is 0.797. The number of carbonyl (C=O) groups is 2. The van der Waals surface area contributed by atoms with Crippen LogP contribution in [0.15, 0.2) is 24.3 Å². The van der Waals surface area contributed by atoms with Gasteiger partial charge in [0.25, 0.3) is 0 Å². The zero-order chi connectivity index (χ0) is 16.2. The van der Waals surface area contributed by atoms with Gasteiger partial charge in [0.15, 0.2) is 0 Å². The Morgan fingerprint density at radius 2 is 1.67 bits per heavy atom. The maximum absolute atomic E-state index is 12.4. The lowest BCUT2D eigenvalue weighted by atomic mass is 10.0. The Balaban J connectivity index is 2.79. The van der Waals surface area contributed by atoms with Crippen molar-refractivity contribution in [3.8, 4) is 0 Å². The highest BCUT2D eigenvalue weighted by Crippen LogP contribution is 2.29. The molecule has 0 heterocycles. The Hall–Kier alpha value is -2.25. The SMILES string of the molecule is CC(C)[C@@H](NC(N)=O)C(=O)Nc1ccc(C(F)(F)F)cc1. The summed E-state index contributed by atoms with van der Waals surface area (Å²) in [5, 5.41) is 4.71. The molecule has 0 unspecified atom stereocenters. The second kappa shape index (κ2) is 6.47. The van der Waals surface area contributed by atoms with Crippen molar-refractivity contribution in [2.75, 3.05) is 5.32 Å². The fraction of sp³-hybridized carbons (Fsp3) is 0.385. The maximum atomic E-state index is 12.4. The monoisotopic (exact) mass is 303 g/mol. The van der Waals surface area contributed by atoms with E-state index in [1.54, 1.807) is 13.8 Å². The van der Waals surface area contributed by atoms with Crippen LogP contribution in [0.2, 0.25) is 0 Å². The molecule has 8 heteroatoms. The van der Waals surface area contributed by atoms with Crippen LogP contribution in [0.4, 0.5) is 23.7 Å². The Kier molecular flexibility index (Phi) is 5.17. The fourth-order valence-corrected chi connectivity index (χ4v) is 1.65. The third-order valence-electron chi connectivity index (χ3n) is 2.73. The van der Waals surface area contributed by atoms with Gasteiger partial charge < -0.3 is 16.4 Å². The molecule has 0 aliphatic carbocycles. The molecule has 1 rings (SSSR count). The van der Waals surface area contributed by atoms with Crippen molar-refractivity contribution >= 4 is 17.6 Å². The molecule has 0 spiro atoms. The lowest BCUT2D eigenvalue weighted by Gasteiger charge is -2.20. The minimum absolute atomic E-state index is 0.199. The van der Waals surface area contributed by atoms with E-state index in [0.29, 0.717) is 0 Å². The first-order chi connectivity index (χ1) is 9.61. The van der Waals surface area contributed by atoms with Gasteiger partial charge in [-0.1, -0.05) is 13.8 Å². The highest BCUT2D eigenvalue weighted by atomic mass is 19.4. The summed E-state index contributed by atoms with van der Waals surface area (Å²) >= 11 is 0. The summed E-state index contributed by atoms with van der Waals surface area (Å²) in [7, 11) is 0. The number of rotatable bonds is 4. The molecule has 21 heavy (non-hydrogen) atoms. The predicted octanol–water partition coefficient (Wildman–Crippen LogP) is 2.34. The molecule has 0 aromatic heterocycles. The first kappa shape index (κ1) is 16.8. The van der Waals surface area contributed by atoms with Crippen molar-refractivity contribution in [2.24, 2.45) is 11.7 Å². The zero-order valence-electron chi connectivity index (χ0n) is 11.5. The average Bonchev–Trinajstić information content (AvgIpc) is 2.34. The molecule has 0 radical (unpaired) electrons. The average molecular weight is 303 g/mol. The summed E-state index contributed by atoms with van der Waals surface area (Å²) in [6.07, 6.45) is -4.43. The molecule has 0 bridgehead atoms. The summed E-state index contributed by atoms with van der Waals surface area (Å²) in [5.74, 6) is -0.782. The molecule has 0 fully saturated rings. The van der Waals surface area contributed by atoms with E-state index in [1.165, 1.54) is 0 Å². The minimum atomic E-state index is -4.43. The van der Waals surface area contributed by atoms with E-state index in [4.69, 9.17) is 5.73 Å². The highest BCUT2D eigenvalue weighted by Gasteiger charge is 2.30. The van der Waals surface area contributed by atoms with E-state index in [-0.39, 0.29) is 11.6 Å². The lowest BCUT2D eigenvalue weighted by molar-refractivity contribution is -0.137. The fourth-order valence-electron chi connectivity index (χ4n) is 1.65. The number of alkyl halides is 3. The standard InChI is InChI=1S/C13H16F3N3O2/c1-7(2)10(19-12(17)21)11(20)18-9-5-3-8(4-6-9)13(14,15)16/h3-7,10H,1-2H3,(H,18,20)(H3,17,19,21)/t10-/m1/s1. The molecule has 0 saturated carbocycles. The Labute approximate surface area is 119 Å². The molecule has 1 aromatic carbocycles. The van der Waals surface area contributed by atoms with Crippen LogP contribution in [0.5, 0.6) is 0 Å². The number of halogens is 3. The van der Waals surface area contributed by atoms with Crippen LogP contribution in [0.25, 0.3) is 0 Å². The number of benzene rings is 1. The number of nitrogens with one attached hydrogen (secondary N) is 2. The van der Waals surface area contributed by atoms with Gasteiger partial charge in [0, 0.05) is 5.69 Å². The van der Waals surface area contributed by atoms with Gasteiger partial charge in [0.2, 0.25) is 5.91 Å². The highest BCUT2D eigenvalue weighted by molar-refractivity contribution is 5.97. The Bertz CT molecular complexity index is 512. The third kappa shape index (κ3) is 4.97. The second-order valence-electron chi connectivity index (χ2n) is 4.79. The van der Waals surface area contributed by atoms with Crippen molar-refractivity contribution in [1.82, 2.24) is 5.32 Å². The van der Waals surface area contributed by atoms with E-state index in [2.05, 4.69) is 10.6 Å². The molecule has 5 nitrogen and oxygen atoms in total. The van der Waals surface area contributed by atoms with Gasteiger partial charge >= 0.3 is 12.2 Å². The third-order valence-corrected chi connectivity index (χ3v) is 2.73. The number of carbonyl (C=O) groups excluding carboxylic acids is 2. The number of primary amides is 1. The minimum Gasteiger partial charge on any atom is -0.352 e. The van der Waals surface area contributed by atoms with Gasteiger partial charge in [-0.25, -0.2) is 4.79 Å². The van der Waals surface area contributed by atoms with E-state index >= 15 is 0 Å². The summed E-state index contributed by atoms with van der Waals surface area (Å²) in [6.45, 7) is 3.40. The van der Waals surface area contributed by atoms with Crippen molar-refractivity contribution in [3.05, 3.63) is 29.8 Å². The van der Waals surface area contributed by atoms with Gasteiger partial charge in [-0.05, 0) is 30.2 Å². The number of hydrogen-bond donors (Lipinski definition) is 3.